The molecular weight excluding hydrogens is 465 g/mol. The smallest absolute Gasteiger partial charge is 0.259 e. The Hall–Kier alpha value is -3.04. The molecule has 1 aromatic heterocycles. The summed E-state index contributed by atoms with van der Waals surface area (Å²) in [6.45, 7) is 1.17. The van der Waals surface area contributed by atoms with Gasteiger partial charge in [0.1, 0.15) is 23.0 Å². The Morgan fingerprint density at radius 1 is 1.23 bits per heavy atom. The molecule has 0 aliphatic carbocycles. The van der Waals surface area contributed by atoms with Crippen molar-refractivity contribution >= 4 is 43.9 Å². The number of likely N-dealkylation sites (N-methyl/N-ethyl adjacent to an activating group) is 1. The van der Waals surface area contributed by atoms with Gasteiger partial charge in [-0.2, -0.15) is 0 Å². The summed E-state index contributed by atoms with van der Waals surface area (Å²) in [6.07, 6.45) is 0. The van der Waals surface area contributed by atoms with E-state index in [0.29, 0.717) is 29.8 Å². The van der Waals surface area contributed by atoms with Crippen molar-refractivity contribution in [2.75, 3.05) is 38.6 Å². The van der Waals surface area contributed by atoms with Crippen LogP contribution in [0.15, 0.2) is 57.6 Å². The zero-order valence-electron chi connectivity index (χ0n) is 17.1. The summed E-state index contributed by atoms with van der Waals surface area (Å²) in [6, 6.07) is 11.4. The second kappa shape index (κ2) is 8.60. The first-order valence-corrected chi connectivity index (χ1v) is 10.5. The Kier molecular flexibility index (Phi) is 5.88. The van der Waals surface area contributed by atoms with Crippen LogP contribution in [-0.2, 0) is 4.79 Å². The predicted octanol–water partition coefficient (Wildman–Crippen LogP) is 2.73. The van der Waals surface area contributed by atoms with E-state index in [1.807, 2.05) is 19.0 Å². The zero-order valence-corrected chi connectivity index (χ0v) is 18.7. The van der Waals surface area contributed by atoms with Gasteiger partial charge in [-0.3, -0.25) is 9.59 Å². The molecule has 2 N–H and O–H groups in total. The first-order chi connectivity index (χ1) is 14.8. The van der Waals surface area contributed by atoms with Gasteiger partial charge in [0.05, 0.1) is 23.1 Å². The van der Waals surface area contributed by atoms with E-state index in [1.54, 1.807) is 41.3 Å². The van der Waals surface area contributed by atoms with Gasteiger partial charge in [-0.05, 0) is 44.4 Å². The number of carbonyl (C=O) groups is 1. The van der Waals surface area contributed by atoms with Crippen molar-refractivity contribution in [1.29, 1.82) is 0 Å². The van der Waals surface area contributed by atoms with E-state index < -0.39 is 5.82 Å². The maximum Gasteiger partial charge on any atom is 0.259 e. The standard InChI is InChI=1S/C22H21BrFN5O2/c1-28(2)10-9-25-21-19(18(30)12-29(21)17-6-4-3-5-15(17)24)20-26-16-11-13(23)7-8-14(16)22(31)27-20/h3-8,11,25H,9-10,12H2,1-2H3,(H,26,27,31). The summed E-state index contributed by atoms with van der Waals surface area (Å²) in [5, 5.41) is 3.67. The van der Waals surface area contributed by atoms with Crippen molar-refractivity contribution in [1.82, 2.24) is 20.2 Å². The number of halogens is 2. The van der Waals surface area contributed by atoms with Crippen LogP contribution in [0.1, 0.15) is 5.82 Å². The summed E-state index contributed by atoms with van der Waals surface area (Å²) in [4.78, 5) is 36.5. The van der Waals surface area contributed by atoms with Gasteiger partial charge < -0.3 is 20.1 Å². The number of hydrogen-bond donors (Lipinski definition) is 2. The molecule has 0 atom stereocenters. The molecule has 160 valence electrons. The lowest BCUT2D eigenvalue weighted by Gasteiger charge is -2.24. The van der Waals surface area contributed by atoms with Gasteiger partial charge in [-0.15, -0.1) is 0 Å². The van der Waals surface area contributed by atoms with E-state index in [9.17, 15) is 14.0 Å². The second-order valence-electron chi connectivity index (χ2n) is 7.49. The highest BCUT2D eigenvalue weighted by Crippen LogP contribution is 2.32. The number of carbonyl (C=O) groups excluding carboxylic acids is 1. The summed E-state index contributed by atoms with van der Waals surface area (Å²) in [5.41, 5.74) is 0.639. The van der Waals surface area contributed by atoms with E-state index in [4.69, 9.17) is 0 Å². The van der Waals surface area contributed by atoms with Crippen molar-refractivity contribution in [2.24, 2.45) is 0 Å². The van der Waals surface area contributed by atoms with Crippen LogP contribution >= 0.6 is 15.9 Å². The Morgan fingerprint density at radius 2 is 2.00 bits per heavy atom. The Morgan fingerprint density at radius 3 is 2.74 bits per heavy atom. The van der Waals surface area contributed by atoms with Gasteiger partial charge in [0.15, 0.2) is 5.78 Å². The second-order valence-corrected chi connectivity index (χ2v) is 8.41. The SMILES string of the molecule is CN(C)CCNC1=C(c2nc3cc(Br)ccc3c(=O)[nH]2)C(=O)CN1c1ccccc1F. The van der Waals surface area contributed by atoms with Gasteiger partial charge in [-0.25, -0.2) is 9.37 Å². The van der Waals surface area contributed by atoms with Crippen LogP contribution in [0.3, 0.4) is 0 Å². The zero-order chi connectivity index (χ0) is 22.1. The third kappa shape index (κ3) is 4.24. The van der Waals surface area contributed by atoms with Crippen molar-refractivity contribution in [2.45, 2.75) is 0 Å². The highest BCUT2D eigenvalue weighted by molar-refractivity contribution is 9.10. The minimum absolute atomic E-state index is 0.0548. The number of Topliss-reactive ketones (excluding diaryl/α,β-unsaturated/α-hetero) is 1. The maximum absolute atomic E-state index is 14.5. The number of fused-ring (bicyclic) bond motifs is 1. The van der Waals surface area contributed by atoms with E-state index in [0.717, 1.165) is 4.47 Å². The van der Waals surface area contributed by atoms with Crippen LogP contribution in [0.2, 0.25) is 0 Å². The number of ketones is 1. The number of nitrogens with one attached hydrogen (secondary N) is 2. The van der Waals surface area contributed by atoms with Gasteiger partial charge in [-0.1, -0.05) is 28.1 Å². The summed E-state index contributed by atoms with van der Waals surface area (Å²) >= 11 is 3.39. The lowest BCUT2D eigenvalue weighted by Crippen LogP contribution is -2.34. The van der Waals surface area contributed by atoms with Crippen molar-refractivity contribution in [3.63, 3.8) is 0 Å². The summed E-state index contributed by atoms with van der Waals surface area (Å²) in [7, 11) is 3.87. The molecule has 0 saturated carbocycles. The van der Waals surface area contributed by atoms with Crippen LogP contribution in [0, 0.1) is 5.82 Å². The maximum atomic E-state index is 14.5. The molecule has 2 heterocycles. The molecule has 0 spiro atoms. The average Bonchev–Trinajstić information content (AvgIpc) is 3.03. The largest absolute Gasteiger partial charge is 0.369 e. The topological polar surface area (TPSA) is 81.3 Å². The first kappa shape index (κ1) is 21.2. The van der Waals surface area contributed by atoms with Crippen molar-refractivity contribution < 1.29 is 9.18 Å². The molecule has 1 aliphatic heterocycles. The Balaban J connectivity index is 1.87. The Bertz CT molecular complexity index is 1250. The lowest BCUT2D eigenvalue weighted by atomic mass is 10.1. The fraction of sp³-hybridized carbons (Fsp3) is 0.227. The fourth-order valence-electron chi connectivity index (χ4n) is 3.50. The van der Waals surface area contributed by atoms with Crippen molar-refractivity contribution in [3.8, 4) is 0 Å². The first-order valence-electron chi connectivity index (χ1n) is 9.73. The van der Waals surface area contributed by atoms with Crippen LogP contribution in [0.5, 0.6) is 0 Å². The quantitative estimate of drug-likeness (QED) is 0.558. The van der Waals surface area contributed by atoms with Gasteiger partial charge in [0, 0.05) is 17.6 Å². The molecule has 31 heavy (non-hydrogen) atoms. The molecule has 7 nitrogen and oxygen atoms in total. The predicted molar refractivity (Wildman–Crippen MR) is 122 cm³/mol. The number of rotatable bonds is 6. The molecule has 0 amide bonds. The lowest BCUT2D eigenvalue weighted by molar-refractivity contribution is -0.112. The molecule has 9 heteroatoms. The average molecular weight is 486 g/mol. The number of hydrogen-bond acceptors (Lipinski definition) is 6. The number of H-pyrrole nitrogens is 1. The molecule has 1 aliphatic rings. The fourth-order valence-corrected chi connectivity index (χ4v) is 3.85. The molecule has 0 bridgehead atoms. The van der Waals surface area contributed by atoms with E-state index in [-0.39, 0.29) is 35.0 Å². The number of para-hydroxylation sites is 1. The number of anilines is 1. The van der Waals surface area contributed by atoms with Crippen LogP contribution in [-0.4, -0.2) is 54.4 Å². The van der Waals surface area contributed by atoms with Gasteiger partial charge in [0.25, 0.3) is 5.56 Å². The number of aromatic amines is 1. The van der Waals surface area contributed by atoms with Crippen LogP contribution < -0.4 is 15.8 Å². The summed E-state index contributed by atoms with van der Waals surface area (Å²) < 4.78 is 15.3. The monoisotopic (exact) mass is 485 g/mol. The molecule has 3 aromatic rings. The van der Waals surface area contributed by atoms with E-state index >= 15 is 0 Å². The summed E-state index contributed by atoms with van der Waals surface area (Å²) in [5.74, 6) is -0.110. The number of benzene rings is 2. The Labute approximate surface area is 186 Å². The number of aromatic nitrogens is 2. The third-order valence-corrected chi connectivity index (χ3v) is 5.48. The molecule has 0 saturated heterocycles. The van der Waals surface area contributed by atoms with Crippen LogP contribution in [0.4, 0.5) is 10.1 Å². The van der Waals surface area contributed by atoms with E-state index in [2.05, 4.69) is 31.2 Å². The molecule has 4 rings (SSSR count). The highest BCUT2D eigenvalue weighted by atomic mass is 79.9. The van der Waals surface area contributed by atoms with Gasteiger partial charge >= 0.3 is 0 Å². The van der Waals surface area contributed by atoms with E-state index in [1.165, 1.54) is 6.07 Å². The molecular formula is C22H21BrFN5O2. The van der Waals surface area contributed by atoms with Gasteiger partial charge in [0.2, 0.25) is 0 Å². The third-order valence-electron chi connectivity index (χ3n) is 4.99. The molecule has 0 unspecified atom stereocenters. The molecule has 0 fully saturated rings. The van der Waals surface area contributed by atoms with Crippen LogP contribution in [0.25, 0.3) is 16.5 Å². The highest BCUT2D eigenvalue weighted by Gasteiger charge is 2.34. The minimum atomic E-state index is -0.438. The normalized spacial score (nSPS) is 14.2. The van der Waals surface area contributed by atoms with Crippen molar-refractivity contribution in [3.05, 3.63) is 74.8 Å². The molecule has 2 aromatic carbocycles. The minimum Gasteiger partial charge on any atom is -0.369 e. The number of nitrogens with zero attached hydrogens (tertiary/aromatic N) is 3. The molecule has 0 radical (unpaired) electrons.